The van der Waals surface area contributed by atoms with E-state index in [-0.39, 0.29) is 24.2 Å². The van der Waals surface area contributed by atoms with Crippen LogP contribution in [0.5, 0.6) is 0 Å². The van der Waals surface area contributed by atoms with E-state index < -0.39 is 6.10 Å². The zero-order chi connectivity index (χ0) is 10.5. The minimum absolute atomic E-state index is 0.0313. The summed E-state index contributed by atoms with van der Waals surface area (Å²) in [5.41, 5.74) is 0. The highest BCUT2D eigenvalue weighted by atomic mass is 16.5. The van der Waals surface area contributed by atoms with Crippen molar-refractivity contribution in [3.05, 3.63) is 0 Å². The number of fused-ring (bicyclic) bond motifs is 2. The molecule has 3 heteroatoms. The first kappa shape index (κ1) is 10.4. The van der Waals surface area contributed by atoms with Crippen molar-refractivity contribution in [2.24, 2.45) is 17.8 Å². The predicted molar refractivity (Wildman–Crippen MR) is 53.0 cm³/mol. The molecule has 7 unspecified atom stereocenters. The lowest BCUT2D eigenvalue weighted by atomic mass is 9.88. The molecule has 0 saturated carbocycles. The van der Waals surface area contributed by atoms with E-state index in [1.165, 1.54) is 0 Å². The first-order chi connectivity index (χ1) is 6.57. The molecule has 82 valence electrons. The Labute approximate surface area is 85.4 Å². The second kappa shape index (κ2) is 3.47. The van der Waals surface area contributed by atoms with E-state index in [1.807, 2.05) is 0 Å². The number of rotatable bonds is 1. The molecule has 0 amide bonds. The maximum absolute atomic E-state index is 10.1. The summed E-state index contributed by atoms with van der Waals surface area (Å²) in [6.45, 7) is 6.47. The zero-order valence-corrected chi connectivity index (χ0v) is 9.31. The predicted octanol–water partition coefficient (Wildman–Crippen LogP) is 1.05. The number of aliphatic hydroxyl groups is 1. The molecule has 2 saturated heterocycles. The standard InChI is InChI=1S/C11H20O3/c1-5-6(2)11-8(12)10(13-4)7(3)9(5)14-11/h5-12H,1-4H3. The normalized spacial score (nSPS) is 57.6. The fourth-order valence-electron chi connectivity index (χ4n) is 3.06. The van der Waals surface area contributed by atoms with Crippen LogP contribution in [-0.4, -0.2) is 36.6 Å². The SMILES string of the molecule is COC1C(C)C2OC(C(C)C2C)C1O. The van der Waals surface area contributed by atoms with Crippen LogP contribution in [0.15, 0.2) is 0 Å². The number of hydrogen-bond donors (Lipinski definition) is 1. The van der Waals surface area contributed by atoms with Gasteiger partial charge in [-0.3, -0.25) is 0 Å². The molecule has 2 aliphatic heterocycles. The third-order valence-corrected chi connectivity index (χ3v) is 4.16. The Morgan fingerprint density at radius 1 is 1.00 bits per heavy atom. The average Bonchev–Trinajstić information content (AvgIpc) is 2.42. The average molecular weight is 200 g/mol. The van der Waals surface area contributed by atoms with Gasteiger partial charge in [0.15, 0.2) is 0 Å². The molecule has 7 atom stereocenters. The van der Waals surface area contributed by atoms with Gasteiger partial charge in [0, 0.05) is 13.0 Å². The third-order valence-electron chi connectivity index (χ3n) is 4.16. The fraction of sp³-hybridized carbons (Fsp3) is 1.00. The number of methoxy groups -OCH3 is 1. The van der Waals surface area contributed by atoms with Gasteiger partial charge in [0.25, 0.3) is 0 Å². The van der Waals surface area contributed by atoms with Gasteiger partial charge in [0.2, 0.25) is 0 Å². The van der Waals surface area contributed by atoms with Crippen molar-refractivity contribution in [2.75, 3.05) is 7.11 Å². The molecule has 2 bridgehead atoms. The van der Waals surface area contributed by atoms with Crippen molar-refractivity contribution in [3.8, 4) is 0 Å². The molecule has 0 radical (unpaired) electrons. The minimum Gasteiger partial charge on any atom is -0.388 e. The fourth-order valence-corrected chi connectivity index (χ4v) is 3.06. The van der Waals surface area contributed by atoms with Gasteiger partial charge in [-0.05, 0) is 11.8 Å². The van der Waals surface area contributed by atoms with Gasteiger partial charge < -0.3 is 14.6 Å². The number of aliphatic hydroxyl groups excluding tert-OH is 1. The van der Waals surface area contributed by atoms with E-state index in [2.05, 4.69) is 20.8 Å². The Bertz CT molecular complexity index is 195. The van der Waals surface area contributed by atoms with Gasteiger partial charge in [-0.2, -0.15) is 0 Å². The molecular weight excluding hydrogens is 180 g/mol. The highest BCUT2D eigenvalue weighted by Crippen LogP contribution is 2.44. The highest BCUT2D eigenvalue weighted by molar-refractivity contribution is 5.01. The molecule has 1 N–H and O–H groups in total. The van der Waals surface area contributed by atoms with E-state index >= 15 is 0 Å². The summed E-state index contributed by atoms with van der Waals surface area (Å²) in [6.07, 6.45) is -0.308. The van der Waals surface area contributed by atoms with Crippen LogP contribution in [0.2, 0.25) is 0 Å². The zero-order valence-electron chi connectivity index (χ0n) is 9.31. The molecule has 0 aromatic heterocycles. The van der Waals surface area contributed by atoms with E-state index in [9.17, 15) is 5.11 Å². The van der Waals surface area contributed by atoms with E-state index in [1.54, 1.807) is 7.11 Å². The maximum Gasteiger partial charge on any atom is 0.107 e. The van der Waals surface area contributed by atoms with Crippen LogP contribution in [0.25, 0.3) is 0 Å². The minimum atomic E-state index is -0.466. The summed E-state index contributed by atoms with van der Waals surface area (Å²) in [5.74, 6) is 1.23. The second-order valence-electron chi connectivity index (χ2n) is 4.83. The molecule has 14 heavy (non-hydrogen) atoms. The lowest BCUT2D eigenvalue weighted by Crippen LogP contribution is -2.50. The van der Waals surface area contributed by atoms with Crippen LogP contribution in [0.1, 0.15) is 20.8 Å². The molecule has 2 fully saturated rings. The smallest absolute Gasteiger partial charge is 0.107 e. The van der Waals surface area contributed by atoms with Crippen molar-refractivity contribution in [1.29, 1.82) is 0 Å². The van der Waals surface area contributed by atoms with Gasteiger partial charge in [-0.15, -0.1) is 0 Å². The molecule has 2 rings (SSSR count). The lowest BCUT2D eigenvalue weighted by molar-refractivity contribution is -0.181. The van der Waals surface area contributed by atoms with E-state index in [0.717, 1.165) is 0 Å². The van der Waals surface area contributed by atoms with Gasteiger partial charge in [-0.1, -0.05) is 20.8 Å². The molecular formula is C11H20O3. The summed E-state index contributed by atoms with van der Waals surface area (Å²) < 4.78 is 11.2. The lowest BCUT2D eigenvalue weighted by Gasteiger charge is -2.38. The topological polar surface area (TPSA) is 38.7 Å². The molecule has 3 nitrogen and oxygen atoms in total. The Balaban J connectivity index is 2.24. The van der Waals surface area contributed by atoms with Crippen LogP contribution in [0, 0.1) is 17.8 Å². The van der Waals surface area contributed by atoms with E-state index in [0.29, 0.717) is 11.8 Å². The number of ether oxygens (including phenoxy) is 2. The van der Waals surface area contributed by atoms with Crippen LogP contribution in [0.3, 0.4) is 0 Å². The molecule has 0 aromatic carbocycles. The molecule has 2 aliphatic rings. The van der Waals surface area contributed by atoms with Crippen LogP contribution in [-0.2, 0) is 9.47 Å². The second-order valence-corrected chi connectivity index (χ2v) is 4.83. The largest absolute Gasteiger partial charge is 0.388 e. The first-order valence-corrected chi connectivity index (χ1v) is 5.44. The Morgan fingerprint density at radius 2 is 1.57 bits per heavy atom. The number of hydrogen-bond acceptors (Lipinski definition) is 3. The third kappa shape index (κ3) is 1.23. The summed E-state index contributed by atoms with van der Waals surface area (Å²) in [6, 6.07) is 0. The van der Waals surface area contributed by atoms with Gasteiger partial charge in [-0.25, -0.2) is 0 Å². The Morgan fingerprint density at radius 3 is 2.14 bits per heavy atom. The molecule has 0 aliphatic carbocycles. The van der Waals surface area contributed by atoms with Crippen molar-refractivity contribution in [1.82, 2.24) is 0 Å². The first-order valence-electron chi connectivity index (χ1n) is 5.44. The van der Waals surface area contributed by atoms with Crippen molar-refractivity contribution < 1.29 is 14.6 Å². The monoisotopic (exact) mass is 200 g/mol. The molecule has 0 spiro atoms. The van der Waals surface area contributed by atoms with Crippen LogP contribution in [0.4, 0.5) is 0 Å². The quantitative estimate of drug-likeness (QED) is 0.687. The molecule has 0 aromatic rings. The Kier molecular flexibility index (Phi) is 2.58. The van der Waals surface area contributed by atoms with Crippen molar-refractivity contribution >= 4 is 0 Å². The summed E-state index contributed by atoms with van der Waals surface area (Å²) in [5, 5.41) is 10.1. The maximum atomic E-state index is 10.1. The Hall–Kier alpha value is -0.120. The summed E-state index contributed by atoms with van der Waals surface area (Å²) in [4.78, 5) is 0. The highest BCUT2D eigenvalue weighted by Gasteiger charge is 2.54. The van der Waals surface area contributed by atoms with E-state index in [4.69, 9.17) is 9.47 Å². The molecule has 2 heterocycles. The van der Waals surface area contributed by atoms with Gasteiger partial charge in [0.05, 0.1) is 18.3 Å². The van der Waals surface area contributed by atoms with Crippen molar-refractivity contribution in [3.63, 3.8) is 0 Å². The summed E-state index contributed by atoms with van der Waals surface area (Å²) >= 11 is 0. The van der Waals surface area contributed by atoms with Gasteiger partial charge >= 0.3 is 0 Å². The van der Waals surface area contributed by atoms with Crippen LogP contribution >= 0.6 is 0 Å². The van der Waals surface area contributed by atoms with Crippen molar-refractivity contribution in [2.45, 2.75) is 45.2 Å². The van der Waals surface area contributed by atoms with Crippen LogP contribution < -0.4 is 0 Å². The van der Waals surface area contributed by atoms with Gasteiger partial charge in [0.1, 0.15) is 6.10 Å². The summed E-state index contributed by atoms with van der Waals surface area (Å²) in [7, 11) is 1.67.